The van der Waals surface area contributed by atoms with Crippen LogP contribution in [-0.4, -0.2) is 42.2 Å². The summed E-state index contributed by atoms with van der Waals surface area (Å²) in [6.45, 7) is 6.48. The number of piperidine rings is 1. The maximum Gasteiger partial charge on any atom is 0.151 e. The summed E-state index contributed by atoms with van der Waals surface area (Å²) in [6.07, 6.45) is 3.54. The molecule has 1 aromatic carbocycles. The molecule has 3 heterocycles. The van der Waals surface area contributed by atoms with E-state index in [1.165, 1.54) is 18.9 Å². The number of imidazole rings is 1. The van der Waals surface area contributed by atoms with E-state index in [1.807, 2.05) is 24.6 Å². The molecule has 0 radical (unpaired) electrons. The smallest absolute Gasteiger partial charge is 0.151 e. The summed E-state index contributed by atoms with van der Waals surface area (Å²) in [5.74, 6) is 2.31. The summed E-state index contributed by atoms with van der Waals surface area (Å²) in [7, 11) is 0. The average Bonchev–Trinajstić information content (AvgIpc) is 3.13. The summed E-state index contributed by atoms with van der Waals surface area (Å²) in [4.78, 5) is 14.5. The summed E-state index contributed by atoms with van der Waals surface area (Å²) in [6, 6.07) is 5.42. The van der Waals surface area contributed by atoms with Gasteiger partial charge in [0.2, 0.25) is 0 Å². The third kappa shape index (κ3) is 3.28. The van der Waals surface area contributed by atoms with Gasteiger partial charge < -0.3 is 4.98 Å². The van der Waals surface area contributed by atoms with Crippen LogP contribution < -0.4 is 0 Å². The van der Waals surface area contributed by atoms with Gasteiger partial charge >= 0.3 is 0 Å². The van der Waals surface area contributed by atoms with Crippen LogP contribution >= 0.6 is 0 Å². The Morgan fingerprint density at radius 2 is 2.12 bits per heavy atom. The minimum Gasteiger partial charge on any atom is -0.341 e. The normalized spacial score (nSPS) is 18.9. The largest absolute Gasteiger partial charge is 0.341 e. The van der Waals surface area contributed by atoms with Crippen molar-refractivity contribution in [3.8, 4) is 0 Å². The van der Waals surface area contributed by atoms with Gasteiger partial charge in [-0.3, -0.25) is 4.90 Å². The van der Waals surface area contributed by atoms with E-state index in [4.69, 9.17) is 0 Å². The number of benzene rings is 1. The van der Waals surface area contributed by atoms with Gasteiger partial charge in [-0.2, -0.15) is 5.10 Å². The summed E-state index contributed by atoms with van der Waals surface area (Å²) in [5.41, 5.74) is 1.18. The topological polar surface area (TPSA) is 62.6 Å². The molecule has 1 aliphatic rings. The molecule has 1 N–H and O–H groups in total. The highest BCUT2D eigenvalue weighted by Crippen LogP contribution is 2.22. The minimum absolute atomic E-state index is 0.274. The lowest BCUT2D eigenvalue weighted by Crippen LogP contribution is -2.42. The summed E-state index contributed by atoms with van der Waals surface area (Å²) >= 11 is 0. The first-order valence-electron chi connectivity index (χ1n) is 8.85. The molecule has 1 aliphatic heterocycles. The molecule has 0 amide bonds. The van der Waals surface area contributed by atoms with Gasteiger partial charge in [-0.25, -0.2) is 19.0 Å². The molecule has 7 heteroatoms. The van der Waals surface area contributed by atoms with Crippen LogP contribution in [0.2, 0.25) is 0 Å². The Bertz CT molecular complexity index is 883. The number of aryl methyl sites for hydroxylation is 2. The number of nitrogens with zero attached hydrogens (tertiary/aromatic N) is 5. The second kappa shape index (κ2) is 6.55. The van der Waals surface area contributed by atoms with E-state index < -0.39 is 0 Å². The molecule has 4 rings (SSSR count). The van der Waals surface area contributed by atoms with Gasteiger partial charge in [0.25, 0.3) is 0 Å². The van der Waals surface area contributed by atoms with E-state index >= 15 is 0 Å². The Hall–Kier alpha value is -2.28. The first-order chi connectivity index (χ1) is 12.1. The second-order valence-electron chi connectivity index (χ2n) is 6.83. The van der Waals surface area contributed by atoms with E-state index in [0.29, 0.717) is 18.1 Å². The van der Waals surface area contributed by atoms with Gasteiger partial charge in [0.15, 0.2) is 5.82 Å². The number of hydrogen-bond acceptors (Lipinski definition) is 4. The van der Waals surface area contributed by atoms with E-state index in [-0.39, 0.29) is 5.82 Å². The molecule has 6 nitrogen and oxygen atoms in total. The fraction of sp³-hybridized carbons (Fsp3) is 0.500. The molecule has 2 aromatic heterocycles. The lowest BCUT2D eigenvalue weighted by atomic mass is 10.0. The lowest BCUT2D eigenvalue weighted by Gasteiger charge is -2.35. The first-order valence-corrected chi connectivity index (χ1v) is 8.85. The number of hydrogen-bond donors (Lipinski definition) is 1. The van der Waals surface area contributed by atoms with Crippen molar-refractivity contribution in [2.45, 2.75) is 52.2 Å². The van der Waals surface area contributed by atoms with Crippen molar-refractivity contribution in [1.82, 2.24) is 29.6 Å². The van der Waals surface area contributed by atoms with Gasteiger partial charge in [0.05, 0.1) is 18.6 Å². The van der Waals surface area contributed by atoms with Crippen LogP contribution in [0, 0.1) is 19.7 Å². The Labute approximate surface area is 146 Å². The molecule has 132 valence electrons. The number of aromatic amines is 1. The average molecular weight is 342 g/mol. The highest BCUT2D eigenvalue weighted by Gasteiger charge is 2.25. The Morgan fingerprint density at radius 1 is 1.24 bits per heavy atom. The van der Waals surface area contributed by atoms with E-state index in [0.717, 1.165) is 42.5 Å². The second-order valence-corrected chi connectivity index (χ2v) is 6.83. The molecule has 0 spiro atoms. The Kier molecular flexibility index (Phi) is 4.25. The molecular formula is C18H23FN6. The molecular weight excluding hydrogens is 319 g/mol. The SMILES string of the molecule is Cc1nc(C)n(C[C@H]2CCCCN2Cc2nc3c(F)cccc3[nH]2)n1. The molecule has 0 saturated carbocycles. The Balaban J connectivity index is 1.54. The van der Waals surface area contributed by atoms with Gasteiger partial charge in [-0.15, -0.1) is 0 Å². The number of nitrogens with one attached hydrogen (secondary N) is 1. The third-order valence-electron chi connectivity index (χ3n) is 4.96. The molecule has 0 aliphatic carbocycles. The molecule has 0 bridgehead atoms. The van der Waals surface area contributed by atoms with Crippen LogP contribution in [0.25, 0.3) is 11.0 Å². The number of fused-ring (bicyclic) bond motifs is 1. The van der Waals surface area contributed by atoms with Crippen LogP contribution in [-0.2, 0) is 13.1 Å². The van der Waals surface area contributed by atoms with Crippen molar-refractivity contribution >= 4 is 11.0 Å². The quantitative estimate of drug-likeness (QED) is 0.792. The molecule has 0 unspecified atom stereocenters. The van der Waals surface area contributed by atoms with Crippen molar-refractivity contribution in [2.24, 2.45) is 0 Å². The zero-order valence-corrected chi connectivity index (χ0v) is 14.7. The molecule has 1 atom stereocenters. The van der Waals surface area contributed by atoms with Crippen LogP contribution in [0.15, 0.2) is 18.2 Å². The van der Waals surface area contributed by atoms with Gasteiger partial charge in [0, 0.05) is 6.04 Å². The van der Waals surface area contributed by atoms with Crippen LogP contribution in [0.3, 0.4) is 0 Å². The number of para-hydroxylation sites is 1. The van der Waals surface area contributed by atoms with Crippen molar-refractivity contribution in [2.75, 3.05) is 6.54 Å². The predicted molar refractivity (Wildman–Crippen MR) is 93.6 cm³/mol. The van der Waals surface area contributed by atoms with Gasteiger partial charge in [-0.05, 0) is 45.4 Å². The van der Waals surface area contributed by atoms with Crippen molar-refractivity contribution < 1.29 is 4.39 Å². The zero-order valence-electron chi connectivity index (χ0n) is 14.7. The number of halogens is 1. The maximum absolute atomic E-state index is 13.9. The van der Waals surface area contributed by atoms with Crippen molar-refractivity contribution in [3.05, 3.63) is 41.5 Å². The Morgan fingerprint density at radius 3 is 2.88 bits per heavy atom. The summed E-state index contributed by atoms with van der Waals surface area (Å²) < 4.78 is 15.9. The van der Waals surface area contributed by atoms with E-state index in [2.05, 4.69) is 25.0 Å². The summed E-state index contributed by atoms with van der Waals surface area (Å²) in [5, 5.41) is 4.50. The highest BCUT2D eigenvalue weighted by atomic mass is 19.1. The first kappa shape index (κ1) is 16.2. The van der Waals surface area contributed by atoms with Crippen LogP contribution in [0.5, 0.6) is 0 Å². The standard InChI is InChI=1S/C18H23FN6/c1-12-20-13(2)25(23-12)10-14-6-3-4-9-24(14)11-17-21-16-8-5-7-15(19)18(16)22-17/h5,7-8,14H,3-4,6,9-11H2,1-2H3,(H,21,22)/t14-/m1/s1. The fourth-order valence-electron chi connectivity index (χ4n) is 3.72. The highest BCUT2D eigenvalue weighted by molar-refractivity contribution is 5.75. The minimum atomic E-state index is -0.274. The van der Waals surface area contributed by atoms with Crippen molar-refractivity contribution in [3.63, 3.8) is 0 Å². The fourth-order valence-corrected chi connectivity index (χ4v) is 3.72. The van der Waals surface area contributed by atoms with Gasteiger partial charge in [0.1, 0.15) is 23.0 Å². The molecule has 1 fully saturated rings. The number of likely N-dealkylation sites (tertiary alicyclic amines) is 1. The molecule has 1 saturated heterocycles. The van der Waals surface area contributed by atoms with E-state index in [9.17, 15) is 4.39 Å². The van der Waals surface area contributed by atoms with Crippen LogP contribution in [0.1, 0.15) is 36.7 Å². The third-order valence-corrected chi connectivity index (χ3v) is 4.96. The lowest BCUT2D eigenvalue weighted by molar-refractivity contribution is 0.118. The van der Waals surface area contributed by atoms with E-state index in [1.54, 1.807) is 6.07 Å². The predicted octanol–water partition coefficient (Wildman–Crippen LogP) is 2.97. The number of aromatic nitrogens is 5. The molecule has 25 heavy (non-hydrogen) atoms. The van der Waals surface area contributed by atoms with Crippen LogP contribution in [0.4, 0.5) is 4.39 Å². The van der Waals surface area contributed by atoms with Gasteiger partial charge in [-0.1, -0.05) is 12.5 Å². The molecule has 3 aromatic rings. The number of H-pyrrole nitrogens is 1. The zero-order chi connectivity index (χ0) is 17.4. The maximum atomic E-state index is 13.9. The monoisotopic (exact) mass is 342 g/mol. The van der Waals surface area contributed by atoms with Crippen molar-refractivity contribution in [1.29, 1.82) is 0 Å². The number of rotatable bonds is 4.